The van der Waals surface area contributed by atoms with Gasteiger partial charge >= 0.3 is 0 Å². The quantitative estimate of drug-likeness (QED) is 0.604. The standard InChI is InChI=1S/C16H18N2OS3/c1-5-8-6-9-11-13(21-22-15(11)20)16(2,3)18-12(9)10(7-8)14(19)17-4/h6-7,18H,5H2,1-4H3,(H,17,19). The minimum Gasteiger partial charge on any atom is -0.374 e. The van der Waals surface area contributed by atoms with Crippen LogP contribution in [0.3, 0.4) is 0 Å². The molecule has 22 heavy (non-hydrogen) atoms. The Labute approximate surface area is 142 Å². The molecule has 116 valence electrons. The first-order chi connectivity index (χ1) is 10.4. The normalized spacial score (nSPS) is 14.7. The topological polar surface area (TPSA) is 41.1 Å². The zero-order chi connectivity index (χ0) is 16.1. The second-order valence-electron chi connectivity index (χ2n) is 5.91. The largest absolute Gasteiger partial charge is 0.374 e. The summed E-state index contributed by atoms with van der Waals surface area (Å²) in [5, 5.41) is 6.29. The number of anilines is 1. The van der Waals surface area contributed by atoms with Crippen LogP contribution in [0.5, 0.6) is 0 Å². The summed E-state index contributed by atoms with van der Waals surface area (Å²) in [6.07, 6.45) is 0.885. The van der Waals surface area contributed by atoms with E-state index >= 15 is 0 Å². The summed E-state index contributed by atoms with van der Waals surface area (Å²) in [6, 6.07) is 4.14. The number of nitrogens with one attached hydrogen (secondary N) is 2. The molecule has 0 bridgehead atoms. The van der Waals surface area contributed by atoms with Gasteiger partial charge in [-0.15, -0.1) is 0 Å². The van der Waals surface area contributed by atoms with Gasteiger partial charge in [-0.1, -0.05) is 39.8 Å². The van der Waals surface area contributed by atoms with E-state index in [0.717, 1.165) is 32.6 Å². The van der Waals surface area contributed by atoms with Crippen molar-refractivity contribution in [3.05, 3.63) is 32.0 Å². The van der Waals surface area contributed by atoms with Crippen molar-refractivity contribution in [3.63, 3.8) is 0 Å². The molecule has 2 aromatic rings. The zero-order valence-corrected chi connectivity index (χ0v) is 15.4. The van der Waals surface area contributed by atoms with Gasteiger partial charge in [0.15, 0.2) is 0 Å². The highest BCUT2D eigenvalue weighted by molar-refractivity contribution is 7.80. The van der Waals surface area contributed by atoms with Crippen molar-refractivity contribution in [3.8, 4) is 11.1 Å². The minimum absolute atomic E-state index is 0.0666. The van der Waals surface area contributed by atoms with Gasteiger partial charge in [0, 0.05) is 18.2 Å². The molecule has 6 heteroatoms. The third kappa shape index (κ3) is 2.30. The van der Waals surface area contributed by atoms with E-state index in [4.69, 9.17) is 12.2 Å². The van der Waals surface area contributed by atoms with Crippen LogP contribution in [0.4, 0.5) is 5.69 Å². The molecule has 0 fully saturated rings. The van der Waals surface area contributed by atoms with E-state index < -0.39 is 0 Å². The van der Waals surface area contributed by atoms with Gasteiger partial charge in [-0.25, -0.2) is 0 Å². The predicted octanol–water partition coefficient (Wildman–Crippen LogP) is 4.79. The highest BCUT2D eigenvalue weighted by Gasteiger charge is 2.35. The summed E-state index contributed by atoms with van der Waals surface area (Å²) in [4.78, 5) is 13.6. The van der Waals surface area contributed by atoms with Gasteiger partial charge in [-0.3, -0.25) is 4.79 Å². The molecule has 0 spiro atoms. The molecule has 0 aliphatic carbocycles. The average Bonchev–Trinajstić information content (AvgIpc) is 2.89. The summed E-state index contributed by atoms with van der Waals surface area (Å²) in [6.45, 7) is 6.36. The lowest BCUT2D eigenvalue weighted by atomic mass is 9.86. The van der Waals surface area contributed by atoms with E-state index in [0.29, 0.717) is 5.56 Å². The molecule has 2 heterocycles. The van der Waals surface area contributed by atoms with Crippen LogP contribution in [0.15, 0.2) is 12.1 Å². The SMILES string of the molecule is CCc1cc(C(=O)NC)c2c(c1)-c1c(ssc1=S)C(C)(C)N2. The number of hydrogen-bond donors (Lipinski definition) is 2. The van der Waals surface area contributed by atoms with E-state index in [1.54, 1.807) is 27.7 Å². The monoisotopic (exact) mass is 350 g/mol. The molecule has 0 saturated heterocycles. The van der Waals surface area contributed by atoms with E-state index in [9.17, 15) is 4.79 Å². The number of hydrogen-bond acceptors (Lipinski definition) is 5. The highest BCUT2D eigenvalue weighted by atomic mass is 32.9. The van der Waals surface area contributed by atoms with Gasteiger partial charge in [0.1, 0.15) is 3.82 Å². The van der Waals surface area contributed by atoms with Crippen LogP contribution in [0.1, 0.15) is 41.6 Å². The van der Waals surface area contributed by atoms with Crippen LogP contribution in [-0.2, 0) is 12.0 Å². The van der Waals surface area contributed by atoms with Crippen molar-refractivity contribution >= 4 is 44.5 Å². The Morgan fingerprint density at radius 2 is 2.09 bits per heavy atom. The molecule has 3 nitrogen and oxygen atoms in total. The zero-order valence-electron chi connectivity index (χ0n) is 13.0. The minimum atomic E-state index is -0.225. The molecule has 1 amide bonds. The molecule has 1 aromatic carbocycles. The third-order valence-corrected chi connectivity index (χ3v) is 7.32. The number of amides is 1. The summed E-state index contributed by atoms with van der Waals surface area (Å²) in [7, 11) is 5.03. The molecule has 0 unspecified atom stereocenters. The summed E-state index contributed by atoms with van der Waals surface area (Å²) in [5.41, 5.74) is 4.71. The number of fused-ring (bicyclic) bond motifs is 3. The lowest BCUT2D eigenvalue weighted by Gasteiger charge is -2.34. The lowest BCUT2D eigenvalue weighted by molar-refractivity contribution is 0.0963. The van der Waals surface area contributed by atoms with Crippen LogP contribution in [0, 0.1) is 3.82 Å². The third-order valence-electron chi connectivity index (χ3n) is 3.98. The Morgan fingerprint density at radius 3 is 2.73 bits per heavy atom. The van der Waals surface area contributed by atoms with Crippen LogP contribution in [-0.4, -0.2) is 13.0 Å². The maximum absolute atomic E-state index is 12.3. The van der Waals surface area contributed by atoms with Gasteiger partial charge in [0.05, 0.1) is 21.7 Å². The number of rotatable bonds is 2. The van der Waals surface area contributed by atoms with Crippen molar-refractivity contribution < 1.29 is 4.79 Å². The fourth-order valence-electron chi connectivity index (χ4n) is 2.83. The smallest absolute Gasteiger partial charge is 0.253 e. The van der Waals surface area contributed by atoms with Crippen LogP contribution in [0.25, 0.3) is 11.1 Å². The molecule has 1 aromatic heterocycles. The van der Waals surface area contributed by atoms with Gasteiger partial charge in [-0.05, 0) is 38.0 Å². The Morgan fingerprint density at radius 1 is 1.36 bits per heavy atom. The van der Waals surface area contributed by atoms with Crippen LogP contribution < -0.4 is 10.6 Å². The second kappa shape index (κ2) is 5.44. The van der Waals surface area contributed by atoms with E-state index in [2.05, 4.69) is 37.5 Å². The average molecular weight is 351 g/mol. The molecule has 3 rings (SSSR count). The number of benzene rings is 1. The number of carbonyl (C=O) groups is 1. The predicted molar refractivity (Wildman–Crippen MR) is 97.9 cm³/mol. The van der Waals surface area contributed by atoms with Crippen molar-refractivity contribution in [2.24, 2.45) is 0 Å². The first kappa shape index (κ1) is 15.6. The van der Waals surface area contributed by atoms with E-state index in [1.165, 1.54) is 4.88 Å². The van der Waals surface area contributed by atoms with Gasteiger partial charge < -0.3 is 10.6 Å². The summed E-state index contributed by atoms with van der Waals surface area (Å²) >= 11 is 5.57. The number of carbonyl (C=O) groups excluding carboxylic acids is 1. The second-order valence-corrected chi connectivity index (χ2v) is 8.72. The summed E-state index contributed by atoms with van der Waals surface area (Å²) in [5.74, 6) is -0.0666. The maximum atomic E-state index is 12.3. The Balaban J connectivity index is 2.38. The highest BCUT2D eigenvalue weighted by Crippen LogP contribution is 2.49. The maximum Gasteiger partial charge on any atom is 0.253 e. The van der Waals surface area contributed by atoms with Crippen molar-refractivity contribution in [2.45, 2.75) is 32.7 Å². The van der Waals surface area contributed by atoms with Crippen LogP contribution >= 0.6 is 32.9 Å². The first-order valence-corrected chi connectivity index (χ1v) is 9.76. The molecular formula is C16H18N2OS3. The van der Waals surface area contributed by atoms with Crippen LogP contribution in [0.2, 0.25) is 0 Å². The molecular weight excluding hydrogens is 332 g/mol. The van der Waals surface area contributed by atoms with Crippen molar-refractivity contribution in [1.82, 2.24) is 5.32 Å². The molecule has 0 atom stereocenters. The molecule has 2 N–H and O–H groups in total. The Bertz CT molecular complexity index is 817. The van der Waals surface area contributed by atoms with E-state index in [1.807, 2.05) is 6.07 Å². The first-order valence-electron chi connectivity index (χ1n) is 7.20. The molecule has 0 saturated carbocycles. The van der Waals surface area contributed by atoms with Gasteiger partial charge in [-0.2, -0.15) is 0 Å². The lowest BCUT2D eigenvalue weighted by Crippen LogP contribution is -2.33. The fraction of sp³-hybridized carbons (Fsp3) is 0.375. The van der Waals surface area contributed by atoms with Gasteiger partial charge in [0.25, 0.3) is 5.91 Å². The van der Waals surface area contributed by atoms with Crippen molar-refractivity contribution in [1.29, 1.82) is 0 Å². The molecule has 0 radical (unpaired) electrons. The fourth-order valence-corrected chi connectivity index (χ4v) is 6.08. The van der Waals surface area contributed by atoms with Crippen molar-refractivity contribution in [2.75, 3.05) is 12.4 Å². The van der Waals surface area contributed by atoms with Gasteiger partial charge in [0.2, 0.25) is 0 Å². The number of aryl methyl sites for hydroxylation is 1. The van der Waals surface area contributed by atoms with E-state index in [-0.39, 0.29) is 11.4 Å². The summed E-state index contributed by atoms with van der Waals surface area (Å²) < 4.78 is 0.909. The molecule has 1 aliphatic rings. The Kier molecular flexibility index (Phi) is 3.87. The molecule has 1 aliphatic heterocycles. The Hall–Kier alpha value is -1.24.